The summed E-state index contributed by atoms with van der Waals surface area (Å²) in [6, 6.07) is 4.14. The van der Waals surface area contributed by atoms with Gasteiger partial charge in [-0.3, -0.25) is 14.5 Å². The second kappa shape index (κ2) is 11.4. The van der Waals surface area contributed by atoms with E-state index in [-0.39, 0.29) is 31.3 Å². The van der Waals surface area contributed by atoms with Gasteiger partial charge in [0.2, 0.25) is 11.8 Å². The van der Waals surface area contributed by atoms with E-state index < -0.39 is 29.4 Å². The summed E-state index contributed by atoms with van der Waals surface area (Å²) >= 11 is 1.40. The SMILES string of the molecule is C[C@@H]1CCC(=O)N(C[C@H](CC(=O)N2CCc3sc(-c4ccc(C(F)(F)F)cc4)nc3C2)N(C(=O)O)C(C)(C)C)C1. The lowest BCUT2D eigenvalue weighted by Gasteiger charge is -2.43. The molecule has 2 aliphatic heterocycles. The van der Waals surface area contributed by atoms with Crippen molar-refractivity contribution >= 4 is 29.2 Å². The molecule has 1 N–H and O–H groups in total. The molecule has 1 fully saturated rings. The molecule has 4 rings (SSSR count). The van der Waals surface area contributed by atoms with E-state index in [9.17, 15) is 32.7 Å². The standard InChI is InChI=1S/C28H35F3N4O4S/c1-17-5-10-23(36)34(14-17)15-20(35(26(38)39)27(2,3)4)13-24(37)33-12-11-22-21(16-33)32-25(40-22)18-6-8-19(9-7-18)28(29,30)31/h6-9,17,20H,5,10-16H2,1-4H3,(H,38,39)/t17-,20+/m1/s1. The molecule has 0 aliphatic carbocycles. The Bertz CT molecular complexity index is 1260. The Balaban J connectivity index is 1.51. The number of piperidine rings is 1. The third-order valence-electron chi connectivity index (χ3n) is 7.41. The van der Waals surface area contributed by atoms with Crippen molar-refractivity contribution in [3.05, 3.63) is 40.4 Å². The maximum Gasteiger partial charge on any atom is 0.416 e. The van der Waals surface area contributed by atoms with E-state index in [1.54, 1.807) is 30.6 Å². The van der Waals surface area contributed by atoms with Crippen LogP contribution in [0.4, 0.5) is 18.0 Å². The lowest BCUT2D eigenvalue weighted by Crippen LogP contribution is -2.57. The van der Waals surface area contributed by atoms with Gasteiger partial charge in [-0.15, -0.1) is 11.3 Å². The molecule has 0 unspecified atom stereocenters. The molecule has 1 aromatic heterocycles. The van der Waals surface area contributed by atoms with Crippen LogP contribution in [0.5, 0.6) is 0 Å². The van der Waals surface area contributed by atoms with Crippen molar-refractivity contribution in [2.75, 3.05) is 19.6 Å². The molecule has 8 nitrogen and oxygen atoms in total. The number of carbonyl (C=O) groups excluding carboxylic acids is 2. The van der Waals surface area contributed by atoms with Crippen LogP contribution in [-0.4, -0.2) is 73.9 Å². The minimum atomic E-state index is -4.41. The average Bonchev–Trinajstić information content (AvgIpc) is 3.28. The Morgan fingerprint density at radius 1 is 1.18 bits per heavy atom. The fourth-order valence-electron chi connectivity index (χ4n) is 5.42. The van der Waals surface area contributed by atoms with E-state index in [2.05, 4.69) is 11.9 Å². The Labute approximate surface area is 235 Å². The van der Waals surface area contributed by atoms with Gasteiger partial charge in [0.25, 0.3) is 0 Å². The number of fused-ring (bicyclic) bond motifs is 1. The highest BCUT2D eigenvalue weighted by molar-refractivity contribution is 7.15. The number of aromatic nitrogens is 1. The minimum absolute atomic E-state index is 0.0318. The summed E-state index contributed by atoms with van der Waals surface area (Å²) in [5.41, 5.74) is -0.243. The quantitative estimate of drug-likeness (QED) is 0.487. The monoisotopic (exact) mass is 580 g/mol. The third kappa shape index (κ3) is 6.76. The Morgan fingerprint density at radius 3 is 2.45 bits per heavy atom. The highest BCUT2D eigenvalue weighted by atomic mass is 32.1. The number of carboxylic acid groups (broad SMARTS) is 1. The van der Waals surface area contributed by atoms with Gasteiger partial charge < -0.3 is 14.9 Å². The largest absolute Gasteiger partial charge is 0.465 e. The number of amides is 3. The van der Waals surface area contributed by atoms with Crippen molar-refractivity contribution in [1.82, 2.24) is 19.7 Å². The van der Waals surface area contributed by atoms with Crippen LogP contribution in [0.25, 0.3) is 10.6 Å². The first-order valence-electron chi connectivity index (χ1n) is 13.4. The first kappa shape index (κ1) is 29.8. The second-order valence-corrected chi connectivity index (χ2v) is 12.7. The van der Waals surface area contributed by atoms with Gasteiger partial charge in [0.1, 0.15) is 5.01 Å². The molecule has 2 atom stereocenters. The van der Waals surface area contributed by atoms with E-state index >= 15 is 0 Å². The van der Waals surface area contributed by atoms with Gasteiger partial charge in [-0.05, 0) is 45.2 Å². The Kier molecular flexibility index (Phi) is 8.49. The summed E-state index contributed by atoms with van der Waals surface area (Å²) in [5.74, 6) is 0.0365. The summed E-state index contributed by atoms with van der Waals surface area (Å²) in [5, 5.41) is 10.7. The zero-order valence-electron chi connectivity index (χ0n) is 23.1. The summed E-state index contributed by atoms with van der Waals surface area (Å²) < 4.78 is 38.8. The van der Waals surface area contributed by atoms with Gasteiger partial charge in [0.05, 0.1) is 23.8 Å². The predicted octanol–water partition coefficient (Wildman–Crippen LogP) is 5.51. The average molecular weight is 581 g/mol. The number of nitrogens with zero attached hydrogens (tertiary/aromatic N) is 4. The molecule has 1 aromatic carbocycles. The van der Waals surface area contributed by atoms with Crippen molar-refractivity contribution in [3.8, 4) is 10.6 Å². The highest BCUT2D eigenvalue weighted by Gasteiger charge is 2.38. The van der Waals surface area contributed by atoms with E-state index in [4.69, 9.17) is 0 Å². The number of rotatable bonds is 6. The zero-order chi connectivity index (χ0) is 29.4. The molecule has 2 aliphatic rings. The molecule has 1 saturated heterocycles. The first-order valence-corrected chi connectivity index (χ1v) is 14.2. The smallest absolute Gasteiger partial charge is 0.416 e. The normalized spacial score (nSPS) is 18.9. The molecular weight excluding hydrogens is 545 g/mol. The number of benzene rings is 1. The van der Waals surface area contributed by atoms with E-state index in [1.165, 1.54) is 28.4 Å². The summed E-state index contributed by atoms with van der Waals surface area (Å²) in [4.78, 5) is 48.7. The Hall–Kier alpha value is -3.15. The van der Waals surface area contributed by atoms with Gasteiger partial charge in [-0.1, -0.05) is 19.1 Å². The van der Waals surface area contributed by atoms with Crippen LogP contribution >= 0.6 is 11.3 Å². The predicted molar refractivity (Wildman–Crippen MR) is 145 cm³/mol. The van der Waals surface area contributed by atoms with Crippen molar-refractivity contribution in [1.29, 1.82) is 0 Å². The molecule has 3 heterocycles. The fourth-order valence-corrected chi connectivity index (χ4v) is 6.49. The van der Waals surface area contributed by atoms with Gasteiger partial charge in [0.15, 0.2) is 0 Å². The minimum Gasteiger partial charge on any atom is -0.465 e. The van der Waals surface area contributed by atoms with Crippen LogP contribution in [0.2, 0.25) is 0 Å². The fraction of sp³-hybridized carbons (Fsp3) is 0.571. The van der Waals surface area contributed by atoms with Crippen LogP contribution in [0, 0.1) is 5.92 Å². The molecule has 3 amide bonds. The molecule has 2 aromatic rings. The zero-order valence-corrected chi connectivity index (χ0v) is 23.9. The topological polar surface area (TPSA) is 94.1 Å². The Morgan fingerprint density at radius 2 is 1.85 bits per heavy atom. The molecule has 0 bridgehead atoms. The van der Waals surface area contributed by atoms with Crippen LogP contribution in [0.1, 0.15) is 63.1 Å². The molecule has 12 heteroatoms. The van der Waals surface area contributed by atoms with Crippen LogP contribution < -0.4 is 0 Å². The molecular formula is C28H35F3N4O4S. The van der Waals surface area contributed by atoms with Crippen molar-refractivity contribution in [2.24, 2.45) is 5.92 Å². The third-order valence-corrected chi connectivity index (χ3v) is 8.62. The van der Waals surface area contributed by atoms with Crippen molar-refractivity contribution < 1.29 is 32.7 Å². The lowest BCUT2D eigenvalue weighted by molar-refractivity contribution is -0.139. The van der Waals surface area contributed by atoms with Gasteiger partial charge in [-0.2, -0.15) is 13.2 Å². The molecule has 218 valence electrons. The maximum atomic E-state index is 13.5. The van der Waals surface area contributed by atoms with E-state index in [0.717, 1.165) is 23.4 Å². The van der Waals surface area contributed by atoms with Crippen molar-refractivity contribution in [3.63, 3.8) is 0 Å². The van der Waals surface area contributed by atoms with E-state index in [1.807, 2.05) is 0 Å². The molecule has 0 radical (unpaired) electrons. The second-order valence-electron chi connectivity index (χ2n) is 11.7. The highest BCUT2D eigenvalue weighted by Crippen LogP contribution is 2.35. The number of halogens is 3. The van der Waals surface area contributed by atoms with Gasteiger partial charge in [0, 0.05) is 54.9 Å². The molecule has 0 saturated carbocycles. The first-order chi connectivity index (χ1) is 18.6. The number of hydrogen-bond donors (Lipinski definition) is 1. The number of likely N-dealkylation sites (tertiary alicyclic amines) is 1. The van der Waals surface area contributed by atoms with Crippen LogP contribution in [0.3, 0.4) is 0 Å². The lowest BCUT2D eigenvalue weighted by atomic mass is 9.96. The number of alkyl halides is 3. The number of thiazole rings is 1. The summed E-state index contributed by atoms with van der Waals surface area (Å²) in [6.45, 7) is 8.69. The van der Waals surface area contributed by atoms with Crippen molar-refractivity contribution in [2.45, 2.75) is 77.7 Å². The van der Waals surface area contributed by atoms with E-state index in [0.29, 0.717) is 48.1 Å². The summed E-state index contributed by atoms with van der Waals surface area (Å²) in [7, 11) is 0. The number of carbonyl (C=O) groups is 3. The molecule has 40 heavy (non-hydrogen) atoms. The number of hydrogen-bond acceptors (Lipinski definition) is 5. The van der Waals surface area contributed by atoms with Gasteiger partial charge in [-0.25, -0.2) is 9.78 Å². The molecule has 0 spiro atoms. The van der Waals surface area contributed by atoms with Crippen LogP contribution in [-0.2, 0) is 28.7 Å². The van der Waals surface area contributed by atoms with Gasteiger partial charge >= 0.3 is 12.3 Å². The summed E-state index contributed by atoms with van der Waals surface area (Å²) in [6.07, 6.45) is -3.89. The van der Waals surface area contributed by atoms with Crippen LogP contribution in [0.15, 0.2) is 24.3 Å². The maximum absolute atomic E-state index is 13.5.